The van der Waals surface area contributed by atoms with E-state index in [0.29, 0.717) is 19.6 Å². The fourth-order valence-corrected chi connectivity index (χ4v) is 5.93. The van der Waals surface area contributed by atoms with Gasteiger partial charge in [-0.25, -0.2) is 9.37 Å². The van der Waals surface area contributed by atoms with Crippen LogP contribution < -0.4 is 4.90 Å². The maximum absolute atomic E-state index is 14.2. The predicted molar refractivity (Wildman–Crippen MR) is 134 cm³/mol. The Morgan fingerprint density at radius 1 is 1.26 bits per heavy atom. The number of pyridine rings is 1. The molecule has 1 atom stereocenters. The van der Waals surface area contributed by atoms with Crippen molar-refractivity contribution in [2.45, 2.75) is 31.8 Å². The van der Waals surface area contributed by atoms with E-state index in [1.807, 2.05) is 24.1 Å². The number of aromatic amines is 1. The Labute approximate surface area is 203 Å². The van der Waals surface area contributed by atoms with Gasteiger partial charge in [0.25, 0.3) is 0 Å². The quantitative estimate of drug-likeness (QED) is 0.605. The summed E-state index contributed by atoms with van der Waals surface area (Å²) in [5, 5.41) is 10.6. The summed E-state index contributed by atoms with van der Waals surface area (Å²) < 4.78 is 14.2. The first-order valence-electron chi connectivity index (χ1n) is 12.4. The molecule has 7 nitrogen and oxygen atoms in total. The van der Waals surface area contributed by atoms with Gasteiger partial charge in [0.1, 0.15) is 11.5 Å². The molecule has 2 N–H and O–H groups in total. The maximum Gasteiger partial charge on any atom is 0.237 e. The number of nitrogens with one attached hydrogen (secondary N) is 1. The Balaban J connectivity index is 1.29. The van der Waals surface area contributed by atoms with E-state index in [-0.39, 0.29) is 24.4 Å². The molecule has 0 spiro atoms. The van der Waals surface area contributed by atoms with Crippen LogP contribution >= 0.6 is 0 Å². The third-order valence-electron chi connectivity index (χ3n) is 7.73. The van der Waals surface area contributed by atoms with Crippen molar-refractivity contribution in [1.82, 2.24) is 19.8 Å². The van der Waals surface area contributed by atoms with Gasteiger partial charge in [-0.05, 0) is 54.7 Å². The monoisotopic (exact) mass is 475 g/mol. The van der Waals surface area contributed by atoms with E-state index in [0.717, 1.165) is 65.9 Å². The lowest BCUT2D eigenvalue weighted by Gasteiger charge is -2.30. The van der Waals surface area contributed by atoms with Crippen LogP contribution in [0.25, 0.3) is 27.7 Å². The molecule has 5 heterocycles. The number of carbonyl (C=O) groups is 1. The summed E-state index contributed by atoms with van der Waals surface area (Å²) in [6.45, 7) is 3.37. The van der Waals surface area contributed by atoms with Crippen LogP contribution in [0.4, 0.5) is 10.1 Å². The SMILES string of the molecule is CN1Cc2c(C3=CCN(CC(=O)N4CCC[C@H]4CO)CC3)[nH]c3nccc(c23)-c2cc(F)ccc21. The minimum Gasteiger partial charge on any atom is -0.394 e. The van der Waals surface area contributed by atoms with Gasteiger partial charge in [0.05, 0.1) is 19.2 Å². The summed E-state index contributed by atoms with van der Waals surface area (Å²) in [7, 11) is 2.04. The number of hydrogen-bond donors (Lipinski definition) is 2. The van der Waals surface area contributed by atoms with Crippen molar-refractivity contribution in [2.24, 2.45) is 0 Å². The molecular formula is C27H30FN5O2. The average Bonchev–Trinajstić information content (AvgIpc) is 3.46. The van der Waals surface area contributed by atoms with Crippen LogP contribution in [0.1, 0.15) is 30.5 Å². The first-order valence-corrected chi connectivity index (χ1v) is 12.4. The minimum atomic E-state index is -0.245. The molecule has 0 radical (unpaired) electrons. The number of anilines is 1. The second-order valence-electron chi connectivity index (χ2n) is 9.86. The number of hydrogen-bond acceptors (Lipinski definition) is 5. The fraction of sp³-hybridized carbons (Fsp3) is 0.407. The molecule has 1 amide bonds. The van der Waals surface area contributed by atoms with Gasteiger partial charge in [0.2, 0.25) is 5.91 Å². The van der Waals surface area contributed by atoms with E-state index >= 15 is 0 Å². The molecule has 35 heavy (non-hydrogen) atoms. The van der Waals surface area contributed by atoms with Crippen LogP contribution in [-0.4, -0.2) is 76.7 Å². The number of amides is 1. The van der Waals surface area contributed by atoms with Crippen LogP contribution in [0.5, 0.6) is 0 Å². The summed E-state index contributed by atoms with van der Waals surface area (Å²) in [6, 6.07) is 6.92. The zero-order valence-electron chi connectivity index (χ0n) is 19.9. The molecule has 3 aliphatic heterocycles. The number of carbonyl (C=O) groups excluding carboxylic acids is 1. The number of benzene rings is 1. The van der Waals surface area contributed by atoms with E-state index in [2.05, 4.69) is 25.8 Å². The highest BCUT2D eigenvalue weighted by Gasteiger charge is 2.30. The average molecular weight is 476 g/mol. The Hall–Kier alpha value is -3.23. The highest BCUT2D eigenvalue weighted by atomic mass is 19.1. The molecule has 1 aromatic carbocycles. The molecule has 3 aliphatic rings. The van der Waals surface area contributed by atoms with Crippen LogP contribution in [0, 0.1) is 5.82 Å². The molecule has 3 aromatic rings. The van der Waals surface area contributed by atoms with Gasteiger partial charge < -0.3 is 19.9 Å². The molecule has 0 unspecified atom stereocenters. The number of rotatable bonds is 4. The number of likely N-dealkylation sites (tertiary alicyclic amines) is 1. The highest BCUT2D eigenvalue weighted by molar-refractivity contribution is 6.02. The lowest BCUT2D eigenvalue weighted by molar-refractivity contribution is -0.133. The predicted octanol–water partition coefficient (Wildman–Crippen LogP) is 3.39. The van der Waals surface area contributed by atoms with Gasteiger partial charge in [-0.2, -0.15) is 0 Å². The van der Waals surface area contributed by atoms with Crippen molar-refractivity contribution in [1.29, 1.82) is 0 Å². The molecule has 1 saturated heterocycles. The molecule has 1 fully saturated rings. The van der Waals surface area contributed by atoms with Gasteiger partial charge in [-0.1, -0.05) is 6.08 Å². The van der Waals surface area contributed by atoms with Crippen molar-refractivity contribution >= 4 is 28.2 Å². The van der Waals surface area contributed by atoms with Gasteiger partial charge in [-0.15, -0.1) is 0 Å². The summed E-state index contributed by atoms with van der Waals surface area (Å²) in [6.07, 6.45) is 6.67. The standard InChI is InChI=1S/C27H30FN5O2/c1-31-14-22-25-20(21-13-18(28)4-5-23(21)31)6-9-29-27(25)30-26(22)17-7-11-32(12-8-17)15-24(35)33-10-2-3-19(33)16-34/h4-7,9,13,19,34H,2-3,8,10-12,14-16H2,1H3,(H,29,30)/t19-/m0/s1. The molecule has 2 aromatic heterocycles. The Morgan fingerprint density at radius 2 is 2.14 bits per heavy atom. The Bertz CT molecular complexity index is 1330. The van der Waals surface area contributed by atoms with Gasteiger partial charge >= 0.3 is 0 Å². The summed E-state index contributed by atoms with van der Waals surface area (Å²) >= 11 is 0. The number of nitrogens with zero attached hydrogens (tertiary/aromatic N) is 4. The van der Waals surface area contributed by atoms with E-state index in [1.165, 1.54) is 17.2 Å². The third-order valence-corrected chi connectivity index (χ3v) is 7.73. The molecule has 182 valence electrons. The molecule has 0 bridgehead atoms. The van der Waals surface area contributed by atoms with Crippen LogP contribution in [0.2, 0.25) is 0 Å². The summed E-state index contributed by atoms with van der Waals surface area (Å²) in [5.41, 5.74) is 7.21. The van der Waals surface area contributed by atoms with E-state index < -0.39 is 0 Å². The molecule has 0 aliphatic carbocycles. The van der Waals surface area contributed by atoms with Gasteiger partial charge in [-0.3, -0.25) is 9.69 Å². The van der Waals surface area contributed by atoms with Gasteiger partial charge in [0.15, 0.2) is 0 Å². The van der Waals surface area contributed by atoms with Crippen molar-refractivity contribution in [3.05, 3.63) is 53.6 Å². The lowest BCUT2D eigenvalue weighted by atomic mass is 9.97. The lowest BCUT2D eigenvalue weighted by Crippen LogP contribution is -2.44. The second-order valence-corrected chi connectivity index (χ2v) is 9.86. The zero-order valence-corrected chi connectivity index (χ0v) is 19.9. The smallest absolute Gasteiger partial charge is 0.237 e. The fourth-order valence-electron chi connectivity index (χ4n) is 5.93. The normalized spacial score (nSPS) is 20.2. The maximum atomic E-state index is 14.2. The molecular weight excluding hydrogens is 445 g/mol. The number of halogens is 1. The van der Waals surface area contributed by atoms with Crippen molar-refractivity contribution < 1.29 is 14.3 Å². The summed E-state index contributed by atoms with van der Waals surface area (Å²) in [4.78, 5) is 27.1. The third kappa shape index (κ3) is 3.81. The van der Waals surface area contributed by atoms with Crippen LogP contribution in [0.3, 0.4) is 0 Å². The largest absolute Gasteiger partial charge is 0.394 e. The first kappa shape index (κ1) is 22.2. The van der Waals surface area contributed by atoms with Crippen LogP contribution in [0.15, 0.2) is 36.5 Å². The summed E-state index contributed by atoms with van der Waals surface area (Å²) in [5.74, 6) is -0.138. The van der Waals surface area contributed by atoms with Gasteiger partial charge in [0, 0.05) is 67.3 Å². The Kier molecular flexibility index (Phi) is 5.57. The second kappa shape index (κ2) is 8.77. The van der Waals surface area contributed by atoms with E-state index in [1.54, 1.807) is 12.3 Å². The van der Waals surface area contributed by atoms with Crippen LogP contribution in [-0.2, 0) is 11.3 Å². The number of aliphatic hydroxyl groups excluding tert-OH is 1. The highest BCUT2D eigenvalue weighted by Crippen LogP contribution is 2.43. The number of fused-ring (bicyclic) bond motifs is 2. The first-order chi connectivity index (χ1) is 17.0. The minimum absolute atomic E-state index is 0.0296. The topological polar surface area (TPSA) is 75.7 Å². The Morgan fingerprint density at radius 3 is 2.94 bits per heavy atom. The molecule has 0 saturated carbocycles. The van der Waals surface area contributed by atoms with E-state index in [4.69, 9.17) is 0 Å². The number of aliphatic hydroxyl groups is 1. The number of aromatic nitrogens is 2. The zero-order chi connectivity index (χ0) is 24.1. The van der Waals surface area contributed by atoms with Crippen molar-refractivity contribution in [3.8, 4) is 11.1 Å². The molecule has 8 heteroatoms. The molecule has 6 rings (SSSR count). The van der Waals surface area contributed by atoms with E-state index in [9.17, 15) is 14.3 Å². The van der Waals surface area contributed by atoms with Crippen molar-refractivity contribution in [2.75, 3.05) is 44.7 Å². The van der Waals surface area contributed by atoms with Crippen molar-refractivity contribution in [3.63, 3.8) is 0 Å². The number of H-pyrrole nitrogens is 1.